The first-order valence-electron chi connectivity index (χ1n) is 9.40. The van der Waals surface area contributed by atoms with Crippen LogP contribution < -0.4 is 5.32 Å². The van der Waals surface area contributed by atoms with Gasteiger partial charge in [-0.15, -0.1) is 11.3 Å². The Morgan fingerprint density at radius 3 is 2.39 bits per heavy atom. The molecule has 0 bridgehead atoms. The van der Waals surface area contributed by atoms with Gasteiger partial charge in [0.05, 0.1) is 5.56 Å². The molecule has 146 valence electrons. The lowest BCUT2D eigenvalue weighted by atomic mass is 10.1. The third-order valence-corrected chi connectivity index (χ3v) is 6.07. The maximum absolute atomic E-state index is 13.1. The topological polar surface area (TPSA) is 54.3 Å². The van der Waals surface area contributed by atoms with Crippen molar-refractivity contribution in [2.45, 2.75) is 27.7 Å². The number of carbonyl (C=O) groups excluding carboxylic acids is 2. The van der Waals surface area contributed by atoms with Crippen LogP contribution in [-0.4, -0.2) is 34.4 Å². The smallest absolute Gasteiger partial charge is 0.258 e. The van der Waals surface area contributed by atoms with Crippen molar-refractivity contribution in [1.29, 1.82) is 0 Å². The van der Waals surface area contributed by atoms with Crippen molar-refractivity contribution in [3.05, 3.63) is 70.4 Å². The van der Waals surface area contributed by atoms with E-state index in [2.05, 4.69) is 5.32 Å². The van der Waals surface area contributed by atoms with Gasteiger partial charge in [0.25, 0.3) is 11.8 Å². The first-order valence-corrected chi connectivity index (χ1v) is 10.2. The molecule has 0 aliphatic rings. The lowest BCUT2D eigenvalue weighted by molar-refractivity contribution is 0.0772. The molecule has 1 N–H and O–H groups in total. The number of benzene rings is 1. The van der Waals surface area contributed by atoms with E-state index in [9.17, 15) is 9.59 Å². The van der Waals surface area contributed by atoms with Crippen LogP contribution in [-0.2, 0) is 0 Å². The molecule has 2 aromatic heterocycles. The number of nitrogens with one attached hydrogen (secondary N) is 1. The Kier molecular flexibility index (Phi) is 5.99. The molecule has 0 saturated heterocycles. The number of hydrogen-bond donors (Lipinski definition) is 1. The highest BCUT2D eigenvalue weighted by Crippen LogP contribution is 2.31. The van der Waals surface area contributed by atoms with E-state index in [1.54, 1.807) is 40.5 Å². The Morgan fingerprint density at radius 1 is 1.07 bits per heavy atom. The van der Waals surface area contributed by atoms with Crippen LogP contribution in [0, 0.1) is 13.8 Å². The van der Waals surface area contributed by atoms with Gasteiger partial charge >= 0.3 is 0 Å². The summed E-state index contributed by atoms with van der Waals surface area (Å²) in [6.07, 6.45) is 3.87. The summed E-state index contributed by atoms with van der Waals surface area (Å²) in [5.74, 6) is -0.199. The molecule has 5 nitrogen and oxygen atoms in total. The van der Waals surface area contributed by atoms with Crippen LogP contribution in [0.5, 0.6) is 0 Å². The van der Waals surface area contributed by atoms with E-state index in [0.717, 1.165) is 15.4 Å². The fourth-order valence-corrected chi connectivity index (χ4v) is 4.27. The van der Waals surface area contributed by atoms with Crippen LogP contribution in [0.25, 0.3) is 5.00 Å². The van der Waals surface area contributed by atoms with Gasteiger partial charge in [0.2, 0.25) is 0 Å². The van der Waals surface area contributed by atoms with Gasteiger partial charge in [0.15, 0.2) is 0 Å². The lowest BCUT2D eigenvalue weighted by Crippen LogP contribution is -2.30. The molecule has 0 atom stereocenters. The molecule has 3 aromatic rings. The second kappa shape index (κ2) is 8.44. The Balaban J connectivity index is 1.89. The maximum atomic E-state index is 13.1. The molecule has 0 radical (unpaired) electrons. The third-order valence-electron chi connectivity index (χ3n) is 4.85. The number of thiophene rings is 1. The number of anilines is 1. The monoisotopic (exact) mass is 395 g/mol. The number of carbonyl (C=O) groups is 2. The molecule has 6 heteroatoms. The quantitative estimate of drug-likeness (QED) is 0.646. The van der Waals surface area contributed by atoms with Gasteiger partial charge in [-0.1, -0.05) is 6.07 Å². The summed E-state index contributed by atoms with van der Waals surface area (Å²) in [5, 5.41) is 3.86. The Bertz CT molecular complexity index is 985. The average Bonchev–Trinajstić information content (AvgIpc) is 3.31. The lowest BCUT2D eigenvalue weighted by Gasteiger charge is -2.19. The standard InChI is InChI=1S/C22H25N3O2S/c1-5-24(6-2)21(27)17-10-9-11-18(14-17)23-20(26)19-15(3)16(4)28-22(19)25-12-7-8-13-25/h7-14H,5-6H2,1-4H3,(H,23,26). The first kappa shape index (κ1) is 19.9. The zero-order chi connectivity index (χ0) is 20.3. The van der Waals surface area contributed by atoms with Crippen LogP contribution in [0.3, 0.4) is 0 Å². The molecular formula is C22H25N3O2S. The summed E-state index contributed by atoms with van der Waals surface area (Å²) >= 11 is 1.60. The molecule has 0 aliphatic carbocycles. The van der Waals surface area contributed by atoms with Crippen LogP contribution >= 0.6 is 11.3 Å². The maximum Gasteiger partial charge on any atom is 0.258 e. The van der Waals surface area contributed by atoms with Crippen molar-refractivity contribution in [1.82, 2.24) is 9.47 Å². The van der Waals surface area contributed by atoms with Crippen molar-refractivity contribution in [3.8, 4) is 5.00 Å². The van der Waals surface area contributed by atoms with Crippen molar-refractivity contribution < 1.29 is 9.59 Å². The zero-order valence-corrected chi connectivity index (χ0v) is 17.5. The van der Waals surface area contributed by atoms with Gasteiger partial charge in [-0.2, -0.15) is 0 Å². The van der Waals surface area contributed by atoms with Gasteiger partial charge < -0.3 is 14.8 Å². The Hall–Kier alpha value is -2.86. The number of aromatic nitrogens is 1. The van der Waals surface area contributed by atoms with E-state index in [4.69, 9.17) is 0 Å². The molecule has 1 aromatic carbocycles. The second-order valence-electron chi connectivity index (χ2n) is 6.57. The molecule has 0 unspecified atom stereocenters. The van der Waals surface area contributed by atoms with Crippen LogP contribution in [0.15, 0.2) is 48.8 Å². The van der Waals surface area contributed by atoms with E-state index in [-0.39, 0.29) is 11.8 Å². The highest BCUT2D eigenvalue weighted by molar-refractivity contribution is 7.15. The molecular weight excluding hydrogens is 370 g/mol. The minimum Gasteiger partial charge on any atom is -0.339 e. The largest absolute Gasteiger partial charge is 0.339 e. The van der Waals surface area contributed by atoms with Crippen LogP contribution in [0.4, 0.5) is 5.69 Å². The van der Waals surface area contributed by atoms with E-state index in [1.807, 2.05) is 56.8 Å². The summed E-state index contributed by atoms with van der Waals surface area (Å²) in [6.45, 7) is 9.20. The number of hydrogen-bond acceptors (Lipinski definition) is 3. The summed E-state index contributed by atoms with van der Waals surface area (Å²) in [7, 11) is 0. The predicted molar refractivity (Wildman–Crippen MR) is 115 cm³/mol. The van der Waals surface area contributed by atoms with E-state index < -0.39 is 0 Å². The minimum atomic E-state index is -0.169. The SMILES string of the molecule is CCN(CC)C(=O)c1cccc(NC(=O)c2c(-n3cccc3)sc(C)c2C)c1. The minimum absolute atomic E-state index is 0.0308. The van der Waals surface area contributed by atoms with Crippen LogP contribution in [0.2, 0.25) is 0 Å². The number of aryl methyl sites for hydroxylation is 1. The molecule has 28 heavy (non-hydrogen) atoms. The summed E-state index contributed by atoms with van der Waals surface area (Å²) in [5.41, 5.74) is 2.83. The van der Waals surface area contributed by atoms with Crippen LogP contribution in [0.1, 0.15) is 45.0 Å². The number of amides is 2. The average molecular weight is 396 g/mol. The number of rotatable bonds is 6. The molecule has 0 aliphatic heterocycles. The van der Waals surface area contributed by atoms with Gasteiger partial charge in [0, 0.05) is 41.6 Å². The Labute approximate surface area is 169 Å². The number of nitrogens with zero attached hydrogens (tertiary/aromatic N) is 2. The van der Waals surface area contributed by atoms with Gasteiger partial charge in [-0.05, 0) is 63.6 Å². The zero-order valence-electron chi connectivity index (χ0n) is 16.7. The van der Waals surface area contributed by atoms with E-state index in [1.165, 1.54) is 0 Å². The Morgan fingerprint density at radius 2 is 1.75 bits per heavy atom. The van der Waals surface area contributed by atoms with Gasteiger partial charge in [-0.3, -0.25) is 9.59 Å². The summed E-state index contributed by atoms with van der Waals surface area (Å²) in [4.78, 5) is 28.5. The molecule has 0 spiro atoms. The van der Waals surface area contributed by atoms with Crippen molar-refractivity contribution in [3.63, 3.8) is 0 Å². The third kappa shape index (κ3) is 3.87. The molecule has 0 saturated carbocycles. The van der Waals surface area contributed by atoms with Crippen molar-refractivity contribution in [2.75, 3.05) is 18.4 Å². The fourth-order valence-electron chi connectivity index (χ4n) is 3.15. The van der Waals surface area contributed by atoms with Gasteiger partial charge in [-0.25, -0.2) is 0 Å². The van der Waals surface area contributed by atoms with Crippen molar-refractivity contribution >= 4 is 28.8 Å². The molecule has 0 fully saturated rings. The second-order valence-corrected chi connectivity index (χ2v) is 7.77. The van der Waals surface area contributed by atoms with Crippen molar-refractivity contribution in [2.24, 2.45) is 0 Å². The van der Waals surface area contributed by atoms with E-state index in [0.29, 0.717) is 29.9 Å². The predicted octanol–water partition coefficient (Wildman–Crippen LogP) is 4.89. The fraction of sp³-hybridized carbons (Fsp3) is 0.273. The summed E-state index contributed by atoms with van der Waals surface area (Å²) in [6, 6.07) is 11.0. The first-order chi connectivity index (χ1) is 13.5. The van der Waals surface area contributed by atoms with E-state index >= 15 is 0 Å². The molecule has 2 heterocycles. The highest BCUT2D eigenvalue weighted by atomic mass is 32.1. The molecule has 3 rings (SSSR count). The summed E-state index contributed by atoms with van der Waals surface area (Å²) < 4.78 is 1.96. The molecule has 2 amide bonds. The highest BCUT2D eigenvalue weighted by Gasteiger charge is 2.21. The van der Waals surface area contributed by atoms with Gasteiger partial charge in [0.1, 0.15) is 5.00 Å². The normalized spacial score (nSPS) is 10.7.